The molecule has 8 aromatic carbocycles. The predicted octanol–water partition coefficient (Wildman–Crippen LogP) is 15.3. The fourth-order valence-corrected chi connectivity index (χ4v) is 10.8. The number of rotatable bonds is 15. The smallest absolute Gasteiger partial charge is 0.343 e. The Morgan fingerprint density at radius 3 is 1.68 bits per heavy atom. The number of unbranched alkanes of at least 4 members (excludes halogenated alkanes) is 6. The van der Waals surface area contributed by atoms with Crippen molar-refractivity contribution in [1.29, 1.82) is 0 Å². The van der Waals surface area contributed by atoms with E-state index < -0.39 is 23.0 Å². The number of nitrogens with zero attached hydrogens (tertiary/aromatic N) is 1. The molecule has 11 rings (SSSR count). The van der Waals surface area contributed by atoms with E-state index >= 15 is 0 Å². The van der Waals surface area contributed by atoms with Gasteiger partial charge in [-0.2, -0.15) is 0 Å². The minimum atomic E-state index is -1.13. The van der Waals surface area contributed by atoms with Gasteiger partial charge >= 0.3 is 5.97 Å². The molecule has 1 unspecified atom stereocenters. The highest BCUT2D eigenvalue weighted by Crippen LogP contribution is 2.58. The van der Waals surface area contributed by atoms with Crippen molar-refractivity contribution in [3.63, 3.8) is 0 Å². The first-order chi connectivity index (χ1) is 32.4. The first kappa shape index (κ1) is 41.8. The van der Waals surface area contributed by atoms with Crippen molar-refractivity contribution in [3.05, 3.63) is 184 Å². The molecule has 1 fully saturated rings. The Labute approximate surface area is 382 Å². The van der Waals surface area contributed by atoms with Crippen LogP contribution in [0.15, 0.2) is 144 Å². The van der Waals surface area contributed by atoms with Gasteiger partial charge in [0.2, 0.25) is 5.43 Å². The average Bonchev–Trinajstić information content (AvgIpc) is 4.13. The lowest BCUT2D eigenvalue weighted by Crippen LogP contribution is -2.26. The van der Waals surface area contributed by atoms with Crippen LogP contribution in [0.2, 0.25) is 0 Å². The van der Waals surface area contributed by atoms with E-state index in [2.05, 4.69) is 104 Å². The van der Waals surface area contributed by atoms with Gasteiger partial charge in [-0.3, -0.25) is 4.79 Å². The Balaban J connectivity index is 0.965. The zero-order chi connectivity index (χ0) is 44.9. The van der Waals surface area contributed by atoms with E-state index in [-0.39, 0.29) is 41.1 Å². The normalized spacial score (nSPS) is 14.0. The number of ether oxygens (including phenoxy) is 2. The molecule has 0 spiro atoms. The topological polar surface area (TPSA) is 57.5 Å². The van der Waals surface area contributed by atoms with Gasteiger partial charge in [0, 0.05) is 29.6 Å². The molecule has 2 aliphatic carbocycles. The van der Waals surface area contributed by atoms with Crippen molar-refractivity contribution < 1.29 is 23.0 Å². The van der Waals surface area contributed by atoms with Crippen LogP contribution >= 0.6 is 0 Å². The summed E-state index contributed by atoms with van der Waals surface area (Å²) in [5.41, 5.74) is 5.34. The molecule has 0 radical (unpaired) electrons. The number of benzene rings is 8. The first-order valence-electron chi connectivity index (χ1n) is 23.7. The SMILES string of the molecule is CCCCCCCCCC(Oc1ccc(COC(=O)c2cn(C3CC3)c3cc(F)c(F)cc3c2=O)cc1)C1c2c(c3ccccc3c3ccccc23)-c2c1c1ccccc1c1ccccc21. The van der Waals surface area contributed by atoms with E-state index in [0.717, 1.165) is 55.5 Å². The van der Waals surface area contributed by atoms with Crippen LogP contribution in [-0.4, -0.2) is 16.6 Å². The minimum absolute atomic E-state index is 0.00834. The lowest BCUT2D eigenvalue weighted by Gasteiger charge is -2.29. The zero-order valence-electron chi connectivity index (χ0n) is 37.1. The molecule has 330 valence electrons. The van der Waals surface area contributed by atoms with E-state index in [0.29, 0.717) is 0 Å². The standard InChI is InChI=1S/C59H51F2NO4/c1-2-3-4-5-6-7-8-25-52(66-38-30-26-36(27-31-38)35-65-59(64)48-34-62(37-28-29-37)51-33-50(61)49(60)32-47(51)58(48)63)57-55-45-23-15-11-19-41(45)39-17-9-13-21-43(39)53(55)54-44-22-14-10-18-40(44)42-20-12-16-24-46(42)56(54)57/h9-24,26-27,30-34,37,52,57H,2-8,25,28-29,35H2,1H3. The number of carbonyl (C=O) groups is 1. The van der Waals surface area contributed by atoms with Crippen molar-refractivity contribution in [2.24, 2.45) is 0 Å². The summed E-state index contributed by atoms with van der Waals surface area (Å²) >= 11 is 0. The van der Waals surface area contributed by atoms with Crippen LogP contribution in [0.4, 0.5) is 8.78 Å². The van der Waals surface area contributed by atoms with Crippen LogP contribution in [0, 0.1) is 11.6 Å². The summed E-state index contributed by atoms with van der Waals surface area (Å²) in [5.74, 6) is -2.34. The number of aromatic nitrogens is 1. The molecule has 0 aliphatic heterocycles. The summed E-state index contributed by atoms with van der Waals surface area (Å²) in [6.45, 7) is 2.17. The van der Waals surface area contributed by atoms with Gasteiger partial charge in [-0.05, 0) is 115 Å². The molecular weight excluding hydrogens is 825 g/mol. The van der Waals surface area contributed by atoms with E-state index in [9.17, 15) is 18.4 Å². The van der Waals surface area contributed by atoms with Gasteiger partial charge in [0.15, 0.2) is 11.6 Å². The number of esters is 1. The third-order valence-electron chi connectivity index (χ3n) is 14.1. The van der Waals surface area contributed by atoms with Crippen molar-refractivity contribution in [2.45, 2.75) is 95.8 Å². The van der Waals surface area contributed by atoms with Gasteiger partial charge in [0.25, 0.3) is 0 Å². The highest BCUT2D eigenvalue weighted by Gasteiger charge is 2.41. The Kier molecular flexibility index (Phi) is 11.1. The molecule has 2 aliphatic rings. The van der Waals surface area contributed by atoms with Crippen molar-refractivity contribution in [1.82, 2.24) is 4.57 Å². The van der Waals surface area contributed by atoms with Crippen molar-refractivity contribution >= 4 is 60.0 Å². The summed E-state index contributed by atoms with van der Waals surface area (Å²) in [4.78, 5) is 27.0. The predicted molar refractivity (Wildman–Crippen MR) is 263 cm³/mol. The third-order valence-corrected chi connectivity index (χ3v) is 14.1. The van der Waals surface area contributed by atoms with Gasteiger partial charge in [0.05, 0.1) is 5.52 Å². The molecular formula is C59H51F2NO4. The van der Waals surface area contributed by atoms with Crippen LogP contribution in [0.25, 0.3) is 65.1 Å². The number of fused-ring (bicyclic) bond motifs is 14. The second kappa shape index (κ2) is 17.5. The highest BCUT2D eigenvalue weighted by atomic mass is 19.2. The van der Waals surface area contributed by atoms with Crippen molar-refractivity contribution in [3.8, 4) is 16.9 Å². The molecule has 0 bridgehead atoms. The Bertz CT molecular complexity index is 3280. The molecule has 1 aromatic heterocycles. The summed E-state index contributed by atoms with van der Waals surface area (Å²) in [7, 11) is 0. The Hall–Kier alpha value is -6.86. The van der Waals surface area contributed by atoms with Crippen LogP contribution < -0.4 is 10.2 Å². The summed E-state index contributed by atoms with van der Waals surface area (Å²) < 4.78 is 43.3. The third kappa shape index (κ3) is 7.39. The van der Waals surface area contributed by atoms with E-state index in [1.165, 1.54) is 104 Å². The van der Waals surface area contributed by atoms with E-state index in [1.54, 1.807) is 4.57 Å². The largest absolute Gasteiger partial charge is 0.489 e. The van der Waals surface area contributed by atoms with Gasteiger partial charge < -0.3 is 14.0 Å². The van der Waals surface area contributed by atoms with Crippen LogP contribution in [0.5, 0.6) is 5.75 Å². The maximum atomic E-state index is 14.3. The number of hydrogen-bond donors (Lipinski definition) is 0. The van der Waals surface area contributed by atoms with Crippen molar-refractivity contribution in [2.75, 3.05) is 0 Å². The molecule has 0 amide bonds. The quantitative estimate of drug-likeness (QED) is 0.0585. The Morgan fingerprint density at radius 2 is 1.12 bits per heavy atom. The molecule has 0 N–H and O–H groups in total. The molecule has 7 heteroatoms. The molecule has 5 nitrogen and oxygen atoms in total. The number of carbonyl (C=O) groups excluding carboxylic acids is 1. The first-order valence-corrected chi connectivity index (χ1v) is 23.7. The maximum Gasteiger partial charge on any atom is 0.343 e. The summed E-state index contributed by atoms with van der Waals surface area (Å²) in [6, 6.07) is 45.0. The van der Waals surface area contributed by atoms with Gasteiger partial charge in [-0.15, -0.1) is 0 Å². The van der Waals surface area contributed by atoms with Crippen LogP contribution in [0.3, 0.4) is 0 Å². The van der Waals surface area contributed by atoms with Crippen LogP contribution in [0.1, 0.15) is 110 Å². The highest BCUT2D eigenvalue weighted by molar-refractivity contribution is 6.25. The van der Waals surface area contributed by atoms with Gasteiger partial charge in [-0.25, -0.2) is 13.6 Å². The second-order valence-electron chi connectivity index (χ2n) is 18.3. The number of hydrogen-bond acceptors (Lipinski definition) is 4. The molecule has 1 atom stereocenters. The average molecular weight is 876 g/mol. The fraction of sp³-hybridized carbons (Fsp3) is 0.254. The molecule has 66 heavy (non-hydrogen) atoms. The Morgan fingerprint density at radius 1 is 0.621 bits per heavy atom. The van der Waals surface area contributed by atoms with E-state index in [4.69, 9.17) is 9.47 Å². The zero-order valence-corrected chi connectivity index (χ0v) is 37.1. The lowest BCUT2D eigenvalue weighted by atomic mass is 9.82. The molecule has 1 saturated carbocycles. The minimum Gasteiger partial charge on any atom is -0.489 e. The van der Waals surface area contributed by atoms with Crippen LogP contribution in [-0.2, 0) is 11.3 Å². The summed E-state index contributed by atoms with van der Waals surface area (Å²) in [6.07, 6.45) is 12.1. The van der Waals surface area contributed by atoms with Gasteiger partial charge in [0.1, 0.15) is 24.0 Å². The molecule has 0 saturated heterocycles. The lowest BCUT2D eigenvalue weighted by molar-refractivity contribution is 0.0470. The molecule has 1 heterocycles. The summed E-state index contributed by atoms with van der Waals surface area (Å²) in [5, 5.41) is 9.92. The number of pyridine rings is 1. The van der Waals surface area contributed by atoms with Gasteiger partial charge in [-0.1, -0.05) is 155 Å². The maximum absolute atomic E-state index is 14.3. The second-order valence-corrected chi connectivity index (χ2v) is 18.3. The molecule has 9 aromatic rings. The van der Waals surface area contributed by atoms with E-state index in [1.807, 2.05) is 24.3 Å². The number of halogens is 2. The monoisotopic (exact) mass is 875 g/mol. The fourth-order valence-electron chi connectivity index (χ4n) is 10.8.